The third-order valence-electron chi connectivity index (χ3n) is 5.96. The zero-order valence-electron chi connectivity index (χ0n) is 19.6. The average molecular weight is 512 g/mol. The summed E-state index contributed by atoms with van der Waals surface area (Å²) >= 11 is 12.3. The molecule has 0 spiro atoms. The van der Waals surface area contributed by atoms with Crippen LogP contribution in [-0.4, -0.2) is 45.7 Å². The van der Waals surface area contributed by atoms with Gasteiger partial charge in [0.2, 0.25) is 5.91 Å². The number of H-pyrrole nitrogens is 1. The number of nitrogens with zero attached hydrogens (tertiary/aromatic N) is 2. The van der Waals surface area contributed by atoms with E-state index in [0.29, 0.717) is 29.6 Å². The second-order valence-electron chi connectivity index (χ2n) is 8.68. The number of carbonyl (C=O) groups excluding carboxylic acids is 2. The second-order valence-corrected chi connectivity index (χ2v) is 9.49. The number of rotatable bonds is 9. The van der Waals surface area contributed by atoms with E-state index in [2.05, 4.69) is 11.1 Å². The normalized spacial score (nSPS) is 11.2. The van der Waals surface area contributed by atoms with Gasteiger partial charge in [-0.15, -0.1) is 0 Å². The molecule has 2 aromatic heterocycles. The van der Waals surface area contributed by atoms with E-state index in [4.69, 9.17) is 27.6 Å². The number of para-hydroxylation sites is 1. The number of aromatic amines is 1. The van der Waals surface area contributed by atoms with Crippen molar-refractivity contribution in [3.8, 4) is 0 Å². The van der Waals surface area contributed by atoms with Crippen LogP contribution < -0.4 is 0 Å². The van der Waals surface area contributed by atoms with Crippen molar-refractivity contribution in [2.45, 2.75) is 32.9 Å². The standard InChI is InChI=1S/C27H27Cl2N3O3/c1-18(2)32(27(34)25-8-5-13-35-25)17-26(33)31(16-19-9-10-22(28)23(29)14-19)12-11-20-15-30-24-7-4-3-6-21(20)24/h3-10,13-15,18,30H,11-12,16-17H2,1-2H3. The van der Waals surface area contributed by atoms with Gasteiger partial charge in [-0.05, 0) is 61.7 Å². The fraction of sp³-hybridized carbons (Fsp3) is 0.259. The highest BCUT2D eigenvalue weighted by Crippen LogP contribution is 2.24. The van der Waals surface area contributed by atoms with Crippen molar-refractivity contribution in [3.05, 3.63) is 94.0 Å². The Kier molecular flexibility index (Phi) is 7.83. The van der Waals surface area contributed by atoms with Gasteiger partial charge in [-0.1, -0.05) is 47.5 Å². The third kappa shape index (κ3) is 5.89. The first-order valence-electron chi connectivity index (χ1n) is 11.4. The van der Waals surface area contributed by atoms with Crippen LogP contribution in [0.15, 0.2) is 71.5 Å². The van der Waals surface area contributed by atoms with Gasteiger partial charge in [0.1, 0.15) is 6.54 Å². The number of carbonyl (C=O) groups is 2. The Labute approximate surface area is 214 Å². The number of hydrogen-bond acceptors (Lipinski definition) is 3. The Balaban J connectivity index is 1.55. The maximum Gasteiger partial charge on any atom is 0.290 e. The van der Waals surface area contributed by atoms with Crippen LogP contribution in [0.5, 0.6) is 0 Å². The molecule has 6 nitrogen and oxygen atoms in total. The molecular formula is C27H27Cl2N3O3. The number of fused-ring (bicyclic) bond motifs is 1. The molecule has 0 fully saturated rings. The first-order valence-corrected chi connectivity index (χ1v) is 12.2. The summed E-state index contributed by atoms with van der Waals surface area (Å²) in [5.74, 6) is -0.268. The van der Waals surface area contributed by atoms with Crippen LogP contribution in [0.2, 0.25) is 10.0 Å². The van der Waals surface area contributed by atoms with Crippen LogP contribution in [-0.2, 0) is 17.8 Å². The largest absolute Gasteiger partial charge is 0.459 e. The monoisotopic (exact) mass is 511 g/mol. The summed E-state index contributed by atoms with van der Waals surface area (Å²) in [5, 5.41) is 2.03. The molecule has 8 heteroatoms. The van der Waals surface area contributed by atoms with E-state index in [9.17, 15) is 9.59 Å². The van der Waals surface area contributed by atoms with Gasteiger partial charge in [0.15, 0.2) is 5.76 Å². The summed E-state index contributed by atoms with van der Waals surface area (Å²) in [6.45, 7) is 4.51. The number of nitrogens with one attached hydrogen (secondary N) is 1. The predicted octanol–water partition coefficient (Wildman–Crippen LogP) is 6.19. The summed E-state index contributed by atoms with van der Waals surface area (Å²) in [6, 6.07) is 16.5. The highest BCUT2D eigenvalue weighted by Gasteiger charge is 2.26. The number of hydrogen-bond donors (Lipinski definition) is 1. The molecule has 4 rings (SSSR count). The molecule has 0 aliphatic carbocycles. The van der Waals surface area contributed by atoms with Gasteiger partial charge >= 0.3 is 0 Å². The molecule has 0 aliphatic rings. The molecule has 0 saturated heterocycles. The maximum absolute atomic E-state index is 13.5. The number of benzene rings is 2. The van der Waals surface area contributed by atoms with Gasteiger partial charge in [-0.25, -0.2) is 0 Å². The number of amides is 2. The zero-order valence-corrected chi connectivity index (χ0v) is 21.1. The van der Waals surface area contributed by atoms with E-state index in [-0.39, 0.29) is 30.2 Å². The minimum atomic E-state index is -0.315. The van der Waals surface area contributed by atoms with Crippen LogP contribution in [0.3, 0.4) is 0 Å². The molecule has 1 N–H and O–H groups in total. The fourth-order valence-corrected chi connectivity index (χ4v) is 4.34. The zero-order chi connectivity index (χ0) is 24.9. The molecule has 2 amide bonds. The quantitative estimate of drug-likeness (QED) is 0.291. The van der Waals surface area contributed by atoms with E-state index in [1.807, 2.05) is 44.3 Å². The molecule has 0 saturated carbocycles. The molecule has 0 radical (unpaired) electrons. The first kappa shape index (κ1) is 24.9. The van der Waals surface area contributed by atoms with Gasteiger partial charge in [-0.3, -0.25) is 9.59 Å². The smallest absolute Gasteiger partial charge is 0.290 e. The fourth-order valence-electron chi connectivity index (χ4n) is 4.02. The van der Waals surface area contributed by atoms with E-state index in [1.54, 1.807) is 29.2 Å². The molecule has 35 heavy (non-hydrogen) atoms. The predicted molar refractivity (Wildman–Crippen MR) is 139 cm³/mol. The van der Waals surface area contributed by atoms with E-state index in [0.717, 1.165) is 22.0 Å². The molecule has 2 heterocycles. The summed E-state index contributed by atoms with van der Waals surface area (Å²) in [4.78, 5) is 33.1. The highest BCUT2D eigenvalue weighted by molar-refractivity contribution is 6.42. The SMILES string of the molecule is CC(C)N(CC(=O)N(CCc1c[nH]c2ccccc12)Cc1ccc(Cl)c(Cl)c1)C(=O)c1ccco1. The van der Waals surface area contributed by atoms with Crippen LogP contribution in [0.1, 0.15) is 35.5 Å². The maximum atomic E-state index is 13.5. The lowest BCUT2D eigenvalue weighted by Gasteiger charge is -2.30. The first-order chi connectivity index (χ1) is 16.8. The summed E-state index contributed by atoms with van der Waals surface area (Å²) < 4.78 is 5.28. The molecule has 0 atom stereocenters. The van der Waals surface area contributed by atoms with E-state index < -0.39 is 0 Å². The van der Waals surface area contributed by atoms with E-state index >= 15 is 0 Å². The summed E-state index contributed by atoms with van der Waals surface area (Å²) in [6.07, 6.45) is 4.09. The van der Waals surface area contributed by atoms with Crippen molar-refractivity contribution in [2.75, 3.05) is 13.1 Å². The lowest BCUT2D eigenvalue weighted by atomic mass is 10.1. The van der Waals surface area contributed by atoms with Crippen LogP contribution in [0.4, 0.5) is 0 Å². The van der Waals surface area contributed by atoms with Gasteiger partial charge in [0.05, 0.1) is 16.3 Å². The Morgan fingerprint density at radius 2 is 1.83 bits per heavy atom. The van der Waals surface area contributed by atoms with Crippen molar-refractivity contribution >= 4 is 45.9 Å². The minimum Gasteiger partial charge on any atom is -0.459 e. The van der Waals surface area contributed by atoms with Crippen molar-refractivity contribution in [3.63, 3.8) is 0 Å². The van der Waals surface area contributed by atoms with Crippen LogP contribution in [0.25, 0.3) is 10.9 Å². The number of furan rings is 1. The summed E-state index contributed by atoms with van der Waals surface area (Å²) in [7, 11) is 0. The van der Waals surface area contributed by atoms with Crippen molar-refractivity contribution in [2.24, 2.45) is 0 Å². The van der Waals surface area contributed by atoms with Crippen LogP contribution >= 0.6 is 23.2 Å². The Morgan fingerprint density at radius 3 is 2.54 bits per heavy atom. The molecule has 182 valence electrons. The number of halogens is 2. The molecule has 0 aliphatic heterocycles. The molecular weight excluding hydrogens is 485 g/mol. The topological polar surface area (TPSA) is 69.6 Å². The summed E-state index contributed by atoms with van der Waals surface area (Å²) in [5.41, 5.74) is 3.04. The van der Waals surface area contributed by atoms with Crippen molar-refractivity contribution in [1.82, 2.24) is 14.8 Å². The van der Waals surface area contributed by atoms with Gasteiger partial charge in [-0.2, -0.15) is 0 Å². The van der Waals surface area contributed by atoms with Crippen LogP contribution in [0, 0.1) is 0 Å². The van der Waals surface area contributed by atoms with Crippen molar-refractivity contribution in [1.29, 1.82) is 0 Å². The Bertz CT molecular complexity index is 1310. The Morgan fingerprint density at radius 1 is 1.03 bits per heavy atom. The lowest BCUT2D eigenvalue weighted by molar-refractivity contribution is -0.132. The molecule has 0 unspecified atom stereocenters. The van der Waals surface area contributed by atoms with Gasteiger partial charge in [0.25, 0.3) is 5.91 Å². The lowest BCUT2D eigenvalue weighted by Crippen LogP contribution is -2.46. The molecule has 0 bridgehead atoms. The van der Waals surface area contributed by atoms with Gasteiger partial charge in [0, 0.05) is 36.2 Å². The van der Waals surface area contributed by atoms with Gasteiger partial charge < -0.3 is 19.2 Å². The highest BCUT2D eigenvalue weighted by atomic mass is 35.5. The third-order valence-corrected chi connectivity index (χ3v) is 6.70. The minimum absolute atomic E-state index is 0.0631. The average Bonchev–Trinajstić information content (AvgIpc) is 3.52. The second kappa shape index (κ2) is 11.0. The number of aromatic nitrogens is 1. The Hall–Kier alpha value is -3.22. The van der Waals surface area contributed by atoms with E-state index in [1.165, 1.54) is 11.2 Å². The molecule has 2 aromatic carbocycles. The van der Waals surface area contributed by atoms with Crippen molar-refractivity contribution < 1.29 is 14.0 Å². The molecule has 4 aromatic rings.